The summed E-state index contributed by atoms with van der Waals surface area (Å²) in [4.78, 5) is 14.2. The highest BCUT2D eigenvalue weighted by Crippen LogP contribution is 2.12. The first-order valence-electron chi connectivity index (χ1n) is 7.39. The molecule has 0 unspecified atom stereocenters. The first-order chi connectivity index (χ1) is 10.6. The van der Waals surface area contributed by atoms with Crippen molar-refractivity contribution in [2.75, 3.05) is 0 Å². The minimum atomic E-state index is -0.0705. The third kappa shape index (κ3) is 4.78. The third-order valence-electron chi connectivity index (χ3n) is 3.41. The predicted octanol–water partition coefficient (Wildman–Crippen LogP) is 4.46. The van der Waals surface area contributed by atoms with Crippen molar-refractivity contribution in [2.45, 2.75) is 33.0 Å². The van der Waals surface area contributed by atoms with E-state index in [0.717, 1.165) is 11.1 Å². The highest BCUT2D eigenvalue weighted by molar-refractivity contribution is 6.30. The van der Waals surface area contributed by atoms with Gasteiger partial charge in [-0.25, -0.2) is 4.79 Å². The van der Waals surface area contributed by atoms with E-state index in [-0.39, 0.29) is 12.1 Å². The van der Waals surface area contributed by atoms with Gasteiger partial charge in [0, 0.05) is 24.2 Å². The summed E-state index contributed by atoms with van der Waals surface area (Å²) in [5.74, 6) is 0. The molecule has 0 aliphatic heterocycles. The van der Waals surface area contributed by atoms with Crippen LogP contribution in [0, 0.1) is 0 Å². The lowest BCUT2D eigenvalue weighted by molar-refractivity contribution is 0.179. The molecule has 0 saturated carbocycles. The molecule has 0 spiro atoms. The molecule has 2 aromatic rings. The quantitative estimate of drug-likeness (QED) is 0.867. The van der Waals surface area contributed by atoms with E-state index in [0.29, 0.717) is 18.1 Å². The van der Waals surface area contributed by atoms with Gasteiger partial charge < -0.3 is 10.2 Å². The molecule has 0 saturated heterocycles. The number of urea groups is 1. The molecule has 0 atom stereocenters. The Morgan fingerprint density at radius 3 is 2.41 bits per heavy atom. The summed E-state index contributed by atoms with van der Waals surface area (Å²) in [6.45, 7) is 5.10. The van der Waals surface area contributed by atoms with Crippen LogP contribution in [0.4, 0.5) is 4.79 Å². The fraction of sp³-hybridized carbons (Fsp3) is 0.278. The molecule has 3 nitrogen and oxygen atoms in total. The molecule has 0 heterocycles. The topological polar surface area (TPSA) is 32.3 Å². The van der Waals surface area contributed by atoms with Gasteiger partial charge >= 0.3 is 6.03 Å². The molecule has 1 N–H and O–H groups in total. The van der Waals surface area contributed by atoms with Crippen LogP contribution in [-0.2, 0) is 13.1 Å². The summed E-state index contributed by atoms with van der Waals surface area (Å²) < 4.78 is 0. The average Bonchev–Trinajstić information content (AvgIpc) is 2.51. The number of carbonyl (C=O) groups is 1. The Kier molecular flexibility index (Phi) is 5.84. The highest BCUT2D eigenvalue weighted by Gasteiger charge is 2.16. The first kappa shape index (κ1) is 16.4. The van der Waals surface area contributed by atoms with Crippen molar-refractivity contribution in [1.29, 1.82) is 0 Å². The Bertz CT molecular complexity index is 613. The van der Waals surface area contributed by atoms with Gasteiger partial charge in [0.25, 0.3) is 0 Å². The molecule has 2 aromatic carbocycles. The molecule has 4 heteroatoms. The molecule has 0 bridgehead atoms. The average molecular weight is 317 g/mol. The van der Waals surface area contributed by atoms with Crippen molar-refractivity contribution >= 4 is 17.6 Å². The molecule has 0 radical (unpaired) electrons. The van der Waals surface area contributed by atoms with Crippen LogP contribution < -0.4 is 5.32 Å². The zero-order valence-electron chi connectivity index (χ0n) is 12.9. The van der Waals surface area contributed by atoms with Crippen LogP contribution in [0.25, 0.3) is 0 Å². The summed E-state index contributed by atoms with van der Waals surface area (Å²) in [6, 6.07) is 17.6. The van der Waals surface area contributed by atoms with Gasteiger partial charge in [0.2, 0.25) is 0 Å². The van der Waals surface area contributed by atoms with Gasteiger partial charge in [0.15, 0.2) is 0 Å². The zero-order chi connectivity index (χ0) is 15.9. The minimum absolute atomic E-state index is 0.0705. The number of amides is 2. The molecule has 0 fully saturated rings. The van der Waals surface area contributed by atoms with E-state index in [9.17, 15) is 4.79 Å². The fourth-order valence-electron chi connectivity index (χ4n) is 2.20. The molecule has 2 amide bonds. The van der Waals surface area contributed by atoms with Crippen molar-refractivity contribution in [3.8, 4) is 0 Å². The molecule has 0 aliphatic carbocycles. The van der Waals surface area contributed by atoms with Gasteiger partial charge in [0.1, 0.15) is 0 Å². The Morgan fingerprint density at radius 1 is 1.09 bits per heavy atom. The lowest BCUT2D eigenvalue weighted by Gasteiger charge is -2.27. The number of rotatable bonds is 5. The predicted molar refractivity (Wildman–Crippen MR) is 90.8 cm³/mol. The van der Waals surface area contributed by atoms with Crippen LogP contribution in [0.3, 0.4) is 0 Å². The number of carbonyl (C=O) groups excluding carboxylic acids is 1. The zero-order valence-corrected chi connectivity index (χ0v) is 13.7. The van der Waals surface area contributed by atoms with Crippen molar-refractivity contribution in [3.63, 3.8) is 0 Å². The van der Waals surface area contributed by atoms with Crippen LogP contribution in [-0.4, -0.2) is 17.0 Å². The van der Waals surface area contributed by atoms with Gasteiger partial charge in [-0.1, -0.05) is 54.1 Å². The first-order valence-corrected chi connectivity index (χ1v) is 7.77. The van der Waals surface area contributed by atoms with E-state index < -0.39 is 0 Å². The standard InChI is InChI=1S/C18H21ClN2O/c1-14(2)21(13-15-7-4-3-5-8-15)18(22)20-12-16-9-6-10-17(19)11-16/h3-11,14H,12-13H2,1-2H3,(H,20,22). The molecule has 116 valence electrons. The number of hydrogen-bond acceptors (Lipinski definition) is 1. The van der Waals surface area contributed by atoms with Crippen LogP contribution in [0.1, 0.15) is 25.0 Å². The van der Waals surface area contributed by atoms with E-state index in [2.05, 4.69) is 5.32 Å². The van der Waals surface area contributed by atoms with Gasteiger partial charge in [-0.15, -0.1) is 0 Å². The van der Waals surface area contributed by atoms with Crippen molar-refractivity contribution in [1.82, 2.24) is 10.2 Å². The summed E-state index contributed by atoms with van der Waals surface area (Å²) in [7, 11) is 0. The van der Waals surface area contributed by atoms with Crippen molar-refractivity contribution < 1.29 is 4.79 Å². The fourth-order valence-corrected chi connectivity index (χ4v) is 2.41. The molecule has 22 heavy (non-hydrogen) atoms. The molecular weight excluding hydrogens is 296 g/mol. The number of benzene rings is 2. The van der Waals surface area contributed by atoms with E-state index >= 15 is 0 Å². The highest BCUT2D eigenvalue weighted by atomic mass is 35.5. The SMILES string of the molecule is CC(C)N(Cc1ccccc1)C(=O)NCc1cccc(Cl)c1. The lowest BCUT2D eigenvalue weighted by atomic mass is 10.2. The maximum Gasteiger partial charge on any atom is 0.318 e. The van der Waals surface area contributed by atoms with Crippen molar-refractivity contribution in [3.05, 3.63) is 70.7 Å². The van der Waals surface area contributed by atoms with Gasteiger partial charge in [0.05, 0.1) is 0 Å². The Hall–Kier alpha value is -2.00. The molecule has 0 aromatic heterocycles. The van der Waals surface area contributed by atoms with Crippen LogP contribution in [0.15, 0.2) is 54.6 Å². The van der Waals surface area contributed by atoms with Crippen molar-refractivity contribution in [2.24, 2.45) is 0 Å². The third-order valence-corrected chi connectivity index (χ3v) is 3.65. The van der Waals surface area contributed by atoms with Crippen LogP contribution in [0.5, 0.6) is 0 Å². The van der Waals surface area contributed by atoms with E-state index in [4.69, 9.17) is 11.6 Å². The summed E-state index contributed by atoms with van der Waals surface area (Å²) in [5.41, 5.74) is 2.11. The molecule has 2 rings (SSSR count). The lowest BCUT2D eigenvalue weighted by Crippen LogP contribution is -2.43. The summed E-state index contributed by atoms with van der Waals surface area (Å²) in [6.07, 6.45) is 0. The second-order valence-corrected chi connectivity index (χ2v) is 5.93. The van der Waals surface area contributed by atoms with E-state index in [1.165, 1.54) is 0 Å². The van der Waals surface area contributed by atoms with Gasteiger partial charge in [-0.05, 0) is 37.1 Å². The van der Waals surface area contributed by atoms with Crippen LogP contribution in [0.2, 0.25) is 5.02 Å². The second-order valence-electron chi connectivity index (χ2n) is 5.50. The minimum Gasteiger partial charge on any atom is -0.334 e. The van der Waals surface area contributed by atoms with Gasteiger partial charge in [-0.2, -0.15) is 0 Å². The summed E-state index contributed by atoms with van der Waals surface area (Å²) in [5, 5.41) is 3.63. The molecule has 0 aliphatic rings. The number of nitrogens with zero attached hydrogens (tertiary/aromatic N) is 1. The monoisotopic (exact) mass is 316 g/mol. The maximum absolute atomic E-state index is 12.4. The number of hydrogen-bond donors (Lipinski definition) is 1. The number of halogens is 1. The Balaban J connectivity index is 1.98. The maximum atomic E-state index is 12.4. The van der Waals surface area contributed by atoms with Crippen LogP contribution >= 0.6 is 11.6 Å². The smallest absolute Gasteiger partial charge is 0.318 e. The van der Waals surface area contributed by atoms with E-state index in [1.54, 1.807) is 0 Å². The van der Waals surface area contributed by atoms with E-state index in [1.807, 2.05) is 73.3 Å². The molecular formula is C18H21ClN2O. The second kappa shape index (κ2) is 7.85. The Labute approximate surface area is 136 Å². The number of nitrogens with one attached hydrogen (secondary N) is 1. The van der Waals surface area contributed by atoms with Gasteiger partial charge in [-0.3, -0.25) is 0 Å². The normalized spacial score (nSPS) is 10.5. The largest absolute Gasteiger partial charge is 0.334 e. The Morgan fingerprint density at radius 2 is 1.77 bits per heavy atom. The summed E-state index contributed by atoms with van der Waals surface area (Å²) >= 11 is 5.96.